The maximum absolute atomic E-state index is 12.3. The Morgan fingerprint density at radius 3 is 2.57 bits per heavy atom. The lowest BCUT2D eigenvalue weighted by molar-refractivity contribution is -0.126. The minimum Gasteiger partial charge on any atom is -0.385 e. The van der Waals surface area contributed by atoms with Gasteiger partial charge in [0.2, 0.25) is 17.6 Å². The van der Waals surface area contributed by atoms with Crippen LogP contribution in [-0.2, 0) is 21.5 Å². The van der Waals surface area contributed by atoms with Crippen LogP contribution < -0.4 is 5.32 Å². The summed E-state index contributed by atoms with van der Waals surface area (Å²) < 4.78 is 10.5. The van der Waals surface area contributed by atoms with E-state index in [0.29, 0.717) is 31.4 Å². The molecule has 3 rings (SSSR count). The summed E-state index contributed by atoms with van der Waals surface area (Å²) in [6.45, 7) is 10.3. The highest BCUT2D eigenvalue weighted by molar-refractivity contribution is 5.78. The fraction of sp³-hybridized carbons (Fsp3) is 0.609. The molecule has 1 aliphatic rings. The SMILES string of the molecule is COCCCNC(=O)C1CCN(Cc2nc(-c3ccc(C(C)(C)C)cc3)no2)CC1. The van der Waals surface area contributed by atoms with Crippen LogP contribution in [0.1, 0.15) is 51.5 Å². The molecule has 2 heterocycles. The first-order valence-corrected chi connectivity index (χ1v) is 10.8. The van der Waals surface area contributed by atoms with Gasteiger partial charge >= 0.3 is 0 Å². The van der Waals surface area contributed by atoms with Crippen molar-refractivity contribution in [3.8, 4) is 11.4 Å². The first kappa shape index (κ1) is 22.4. The largest absolute Gasteiger partial charge is 0.385 e. The fourth-order valence-corrected chi connectivity index (χ4v) is 3.67. The molecule has 0 atom stereocenters. The molecule has 1 aromatic carbocycles. The molecule has 0 saturated carbocycles. The lowest BCUT2D eigenvalue weighted by Gasteiger charge is -2.30. The molecular weight excluding hydrogens is 380 g/mol. The Hall–Kier alpha value is -2.25. The smallest absolute Gasteiger partial charge is 0.241 e. The highest BCUT2D eigenvalue weighted by Gasteiger charge is 2.25. The molecule has 0 radical (unpaired) electrons. The van der Waals surface area contributed by atoms with Gasteiger partial charge in [-0.25, -0.2) is 0 Å². The molecule has 7 heteroatoms. The van der Waals surface area contributed by atoms with Crippen molar-refractivity contribution in [2.75, 3.05) is 33.4 Å². The Labute approximate surface area is 179 Å². The van der Waals surface area contributed by atoms with Gasteiger partial charge in [-0.3, -0.25) is 9.69 Å². The van der Waals surface area contributed by atoms with Crippen molar-refractivity contribution in [3.63, 3.8) is 0 Å². The molecule has 0 aliphatic carbocycles. The average molecular weight is 415 g/mol. The highest BCUT2D eigenvalue weighted by atomic mass is 16.5. The second-order valence-electron chi connectivity index (χ2n) is 9.03. The molecule has 0 unspecified atom stereocenters. The van der Waals surface area contributed by atoms with E-state index in [4.69, 9.17) is 9.26 Å². The number of amides is 1. The zero-order valence-electron chi connectivity index (χ0n) is 18.6. The first-order valence-electron chi connectivity index (χ1n) is 10.8. The van der Waals surface area contributed by atoms with Crippen LogP contribution in [0, 0.1) is 5.92 Å². The second-order valence-corrected chi connectivity index (χ2v) is 9.03. The van der Waals surface area contributed by atoms with E-state index in [0.717, 1.165) is 37.9 Å². The van der Waals surface area contributed by atoms with Crippen molar-refractivity contribution < 1.29 is 14.1 Å². The zero-order chi connectivity index (χ0) is 21.6. The van der Waals surface area contributed by atoms with Crippen LogP contribution in [0.5, 0.6) is 0 Å². The van der Waals surface area contributed by atoms with E-state index in [2.05, 4.69) is 53.3 Å². The predicted molar refractivity (Wildman–Crippen MR) is 116 cm³/mol. The fourth-order valence-electron chi connectivity index (χ4n) is 3.67. The van der Waals surface area contributed by atoms with E-state index in [1.165, 1.54) is 5.56 Å². The van der Waals surface area contributed by atoms with Gasteiger partial charge < -0.3 is 14.6 Å². The Morgan fingerprint density at radius 2 is 1.93 bits per heavy atom. The summed E-state index contributed by atoms with van der Waals surface area (Å²) in [5.41, 5.74) is 2.36. The van der Waals surface area contributed by atoms with Crippen LogP contribution >= 0.6 is 0 Å². The Balaban J connectivity index is 1.47. The molecule has 1 aromatic heterocycles. The number of likely N-dealkylation sites (tertiary alicyclic amines) is 1. The third-order valence-electron chi connectivity index (χ3n) is 5.62. The van der Waals surface area contributed by atoms with Crippen molar-refractivity contribution in [1.29, 1.82) is 0 Å². The normalized spacial score (nSPS) is 16.0. The molecule has 1 amide bonds. The predicted octanol–water partition coefficient (Wildman–Crippen LogP) is 3.40. The van der Waals surface area contributed by atoms with Crippen molar-refractivity contribution in [2.24, 2.45) is 5.92 Å². The number of nitrogens with one attached hydrogen (secondary N) is 1. The van der Waals surface area contributed by atoms with E-state index in [1.807, 2.05) is 12.1 Å². The number of hydrogen-bond acceptors (Lipinski definition) is 6. The minimum absolute atomic E-state index is 0.0865. The molecule has 1 fully saturated rings. The van der Waals surface area contributed by atoms with Crippen molar-refractivity contribution in [2.45, 2.75) is 52.0 Å². The third-order valence-corrected chi connectivity index (χ3v) is 5.62. The van der Waals surface area contributed by atoms with Crippen LogP contribution in [-0.4, -0.2) is 54.3 Å². The van der Waals surface area contributed by atoms with Gasteiger partial charge in [-0.15, -0.1) is 0 Å². The number of aromatic nitrogens is 2. The van der Waals surface area contributed by atoms with Crippen LogP contribution in [0.4, 0.5) is 0 Å². The Morgan fingerprint density at radius 1 is 1.23 bits per heavy atom. The van der Waals surface area contributed by atoms with Gasteiger partial charge in [0, 0.05) is 31.7 Å². The highest BCUT2D eigenvalue weighted by Crippen LogP contribution is 2.25. The van der Waals surface area contributed by atoms with Gasteiger partial charge in [-0.2, -0.15) is 4.98 Å². The third kappa shape index (κ3) is 6.12. The molecule has 1 N–H and O–H groups in total. The van der Waals surface area contributed by atoms with Gasteiger partial charge in [0.25, 0.3) is 0 Å². The van der Waals surface area contributed by atoms with Crippen LogP contribution in [0.2, 0.25) is 0 Å². The first-order chi connectivity index (χ1) is 14.4. The van der Waals surface area contributed by atoms with Crippen molar-refractivity contribution in [1.82, 2.24) is 20.4 Å². The van der Waals surface area contributed by atoms with Gasteiger partial charge in [0.1, 0.15) is 0 Å². The average Bonchev–Trinajstić information content (AvgIpc) is 3.19. The monoisotopic (exact) mass is 414 g/mol. The summed E-state index contributed by atoms with van der Waals surface area (Å²) in [5.74, 6) is 1.48. The number of methoxy groups -OCH3 is 1. The lowest BCUT2D eigenvalue weighted by Crippen LogP contribution is -2.40. The molecule has 7 nitrogen and oxygen atoms in total. The number of piperidine rings is 1. The molecule has 1 saturated heterocycles. The number of nitrogens with zero attached hydrogens (tertiary/aromatic N) is 3. The summed E-state index contributed by atoms with van der Waals surface area (Å²) >= 11 is 0. The Bertz CT molecular complexity index is 803. The Kier molecular flexibility index (Phi) is 7.61. The number of carbonyl (C=O) groups is 1. The van der Waals surface area contributed by atoms with Crippen LogP contribution in [0.25, 0.3) is 11.4 Å². The summed E-state index contributed by atoms with van der Waals surface area (Å²) in [7, 11) is 1.67. The number of benzene rings is 1. The van der Waals surface area contributed by atoms with E-state index in [1.54, 1.807) is 7.11 Å². The molecule has 164 valence electrons. The molecule has 30 heavy (non-hydrogen) atoms. The van der Waals surface area contributed by atoms with Gasteiger partial charge in [0.05, 0.1) is 6.54 Å². The maximum Gasteiger partial charge on any atom is 0.241 e. The van der Waals surface area contributed by atoms with Gasteiger partial charge in [-0.1, -0.05) is 50.2 Å². The van der Waals surface area contributed by atoms with Crippen molar-refractivity contribution in [3.05, 3.63) is 35.7 Å². The summed E-state index contributed by atoms with van der Waals surface area (Å²) in [5, 5.41) is 7.16. The lowest BCUT2D eigenvalue weighted by atomic mass is 9.87. The summed E-state index contributed by atoms with van der Waals surface area (Å²) in [6, 6.07) is 8.34. The van der Waals surface area contributed by atoms with E-state index < -0.39 is 0 Å². The van der Waals surface area contributed by atoms with Crippen LogP contribution in [0.15, 0.2) is 28.8 Å². The molecule has 1 aliphatic heterocycles. The topological polar surface area (TPSA) is 80.5 Å². The standard InChI is InChI=1S/C23H34N4O3/c1-23(2,3)19-8-6-17(7-9-19)21-25-20(30-26-21)16-27-13-10-18(11-14-27)22(28)24-12-5-15-29-4/h6-9,18H,5,10-16H2,1-4H3,(H,24,28). The number of ether oxygens (including phenoxy) is 1. The maximum atomic E-state index is 12.3. The van der Waals surface area contributed by atoms with E-state index in [-0.39, 0.29) is 17.2 Å². The summed E-state index contributed by atoms with van der Waals surface area (Å²) in [6.07, 6.45) is 2.55. The number of hydrogen-bond donors (Lipinski definition) is 1. The molecule has 2 aromatic rings. The quantitative estimate of drug-likeness (QED) is 0.667. The molecule has 0 spiro atoms. The van der Waals surface area contributed by atoms with Crippen LogP contribution in [0.3, 0.4) is 0 Å². The van der Waals surface area contributed by atoms with Crippen molar-refractivity contribution >= 4 is 5.91 Å². The second kappa shape index (κ2) is 10.2. The molecule has 0 bridgehead atoms. The molecular formula is C23H34N4O3. The van der Waals surface area contributed by atoms with E-state index in [9.17, 15) is 4.79 Å². The number of rotatable bonds is 8. The number of carbonyl (C=O) groups excluding carboxylic acids is 1. The van der Waals surface area contributed by atoms with E-state index >= 15 is 0 Å². The van der Waals surface area contributed by atoms with Gasteiger partial charge in [0.15, 0.2) is 0 Å². The summed E-state index contributed by atoms with van der Waals surface area (Å²) in [4.78, 5) is 19.1. The van der Waals surface area contributed by atoms with Gasteiger partial charge in [-0.05, 0) is 43.3 Å². The minimum atomic E-state index is 0.0865. The zero-order valence-corrected chi connectivity index (χ0v) is 18.6.